The van der Waals surface area contributed by atoms with Gasteiger partial charge in [-0.2, -0.15) is 0 Å². The number of carbonyl (C=O) groups excluding carboxylic acids is 2. The topological polar surface area (TPSA) is 66.4 Å². The van der Waals surface area contributed by atoms with Crippen LogP contribution in [-0.2, 0) is 14.3 Å². The molecule has 0 aromatic carbocycles. The molecule has 0 aromatic heterocycles. The van der Waals surface area contributed by atoms with Crippen molar-refractivity contribution in [3.8, 4) is 0 Å². The van der Waals surface area contributed by atoms with Gasteiger partial charge in [0.1, 0.15) is 0 Å². The average Bonchev–Trinajstić information content (AvgIpc) is 1.86. The number of carboxylic acid groups (broad SMARTS) is 1. The van der Waals surface area contributed by atoms with E-state index in [1.807, 2.05) is 0 Å². The summed E-state index contributed by atoms with van der Waals surface area (Å²) in [5, 5.41) is 10.1. The van der Waals surface area contributed by atoms with Crippen molar-refractivity contribution in [1.82, 2.24) is 0 Å². The van der Waals surface area contributed by atoms with E-state index in [1.54, 1.807) is 0 Å². The van der Waals surface area contributed by atoms with Crippen LogP contribution in [0.5, 0.6) is 0 Å². The minimum atomic E-state index is -2.07. The Labute approximate surface area is 91.1 Å². The van der Waals surface area contributed by atoms with Crippen molar-refractivity contribution < 1.29 is 49.0 Å². The number of aliphatic carboxylic acids is 1. The summed E-state index contributed by atoms with van der Waals surface area (Å²) in [5.41, 5.74) is 0. The molecular weight excluding hydrogens is 182 g/mol. The van der Waals surface area contributed by atoms with E-state index in [1.165, 1.54) is 0 Å². The number of hydrogen-bond acceptors (Lipinski definition) is 4. The van der Waals surface area contributed by atoms with Crippen molar-refractivity contribution in [2.45, 2.75) is 11.8 Å². The maximum absolute atomic E-state index is 10.5. The average molecular weight is 189 g/mol. The molecule has 1 atom stereocenters. The minimum Gasteiger partial charge on any atom is -0.548 e. The van der Waals surface area contributed by atoms with Gasteiger partial charge in [-0.3, -0.25) is 0 Å². The number of hydrogen-bond donors (Lipinski definition) is 0. The van der Waals surface area contributed by atoms with Crippen LogP contribution in [0.15, 0.2) is 0 Å². The van der Waals surface area contributed by atoms with Gasteiger partial charge >= 0.3 is 35.5 Å². The number of halogens is 1. The predicted octanol–water partition coefficient (Wildman–Crippen LogP) is -4.09. The van der Waals surface area contributed by atoms with Crippen molar-refractivity contribution in [3.05, 3.63) is 0 Å². The molecule has 0 amide bonds. The van der Waals surface area contributed by atoms with Crippen molar-refractivity contribution in [2.75, 3.05) is 7.11 Å². The molecule has 11 heavy (non-hydrogen) atoms. The molecule has 4 nitrogen and oxygen atoms in total. The van der Waals surface area contributed by atoms with Crippen LogP contribution in [-0.4, -0.2) is 23.9 Å². The zero-order chi connectivity index (χ0) is 8.36. The van der Waals surface area contributed by atoms with Gasteiger partial charge in [0.15, 0.2) is 4.87 Å². The van der Waals surface area contributed by atoms with Crippen LogP contribution < -0.4 is 34.7 Å². The molecule has 0 fully saturated rings. The van der Waals surface area contributed by atoms with Crippen molar-refractivity contribution >= 4 is 23.5 Å². The first-order chi connectivity index (χ1) is 4.42. The summed E-state index contributed by atoms with van der Waals surface area (Å²) in [6.45, 7) is 0.996. The molecule has 0 bridgehead atoms. The fraction of sp³-hybridized carbons (Fsp3) is 0.600. The summed E-state index contributed by atoms with van der Waals surface area (Å²) in [6.07, 6.45) is 0. The third kappa shape index (κ3) is 3.42. The number of esters is 1. The van der Waals surface area contributed by atoms with Gasteiger partial charge in [0.05, 0.1) is 13.1 Å². The van der Waals surface area contributed by atoms with Gasteiger partial charge in [-0.05, 0) is 6.92 Å². The van der Waals surface area contributed by atoms with Crippen LogP contribution in [0.25, 0.3) is 0 Å². The van der Waals surface area contributed by atoms with E-state index in [4.69, 9.17) is 11.6 Å². The Balaban J connectivity index is 0. The van der Waals surface area contributed by atoms with E-state index in [-0.39, 0.29) is 29.6 Å². The van der Waals surface area contributed by atoms with Crippen LogP contribution >= 0.6 is 11.6 Å². The van der Waals surface area contributed by atoms with Gasteiger partial charge in [-0.25, -0.2) is 4.79 Å². The molecule has 0 spiro atoms. The molecule has 0 aliphatic carbocycles. The number of methoxy groups -OCH3 is 1. The molecule has 0 aromatic rings. The van der Waals surface area contributed by atoms with E-state index in [0.717, 1.165) is 14.0 Å². The molecule has 0 aliphatic heterocycles. The molecule has 6 heteroatoms. The Morgan fingerprint density at radius 3 is 2.00 bits per heavy atom. The van der Waals surface area contributed by atoms with Gasteiger partial charge in [0, 0.05) is 0 Å². The van der Waals surface area contributed by atoms with Crippen molar-refractivity contribution in [2.24, 2.45) is 0 Å². The number of carbonyl (C=O) groups is 2. The maximum Gasteiger partial charge on any atom is 1.00 e. The SMILES string of the molecule is COC(=O)C(C)(Cl)C(=O)[O-].[Na+]. The molecule has 0 saturated carbocycles. The molecule has 1 unspecified atom stereocenters. The summed E-state index contributed by atoms with van der Waals surface area (Å²) < 4.78 is 4.08. The summed E-state index contributed by atoms with van der Waals surface area (Å²) in [6, 6.07) is 0. The third-order valence-corrected chi connectivity index (χ3v) is 1.26. The quantitative estimate of drug-likeness (QED) is 0.191. The van der Waals surface area contributed by atoms with E-state index >= 15 is 0 Å². The number of rotatable bonds is 2. The molecule has 0 saturated heterocycles. The minimum absolute atomic E-state index is 0. The first-order valence-electron chi connectivity index (χ1n) is 2.41. The van der Waals surface area contributed by atoms with Crippen LogP contribution in [0.3, 0.4) is 0 Å². The van der Waals surface area contributed by atoms with E-state index in [2.05, 4.69) is 4.74 Å². The summed E-state index contributed by atoms with van der Waals surface area (Å²) in [7, 11) is 1.05. The first kappa shape index (κ1) is 13.8. The van der Waals surface area contributed by atoms with E-state index < -0.39 is 16.8 Å². The number of alkyl halides is 1. The largest absolute Gasteiger partial charge is 1.00 e. The zero-order valence-electron chi connectivity index (χ0n) is 6.51. The molecule has 0 N–H and O–H groups in total. The normalized spacial score (nSPS) is 14.1. The first-order valence-corrected chi connectivity index (χ1v) is 2.79. The smallest absolute Gasteiger partial charge is 0.548 e. The summed E-state index contributed by atoms with van der Waals surface area (Å²) >= 11 is 5.19. The molecule has 0 aliphatic rings. The Hall–Kier alpha value is 0.230. The fourth-order valence-corrected chi connectivity index (χ4v) is 0.352. The van der Waals surface area contributed by atoms with Gasteiger partial charge in [-0.15, -0.1) is 11.6 Å². The van der Waals surface area contributed by atoms with Crippen LogP contribution in [0, 0.1) is 0 Å². The Morgan fingerprint density at radius 1 is 1.55 bits per heavy atom. The number of carboxylic acids is 1. The second kappa shape index (κ2) is 4.98. The van der Waals surface area contributed by atoms with Crippen LogP contribution in [0.2, 0.25) is 0 Å². The maximum atomic E-state index is 10.5. The monoisotopic (exact) mass is 188 g/mol. The van der Waals surface area contributed by atoms with Crippen molar-refractivity contribution in [3.63, 3.8) is 0 Å². The van der Waals surface area contributed by atoms with Gasteiger partial charge < -0.3 is 14.6 Å². The van der Waals surface area contributed by atoms with Gasteiger partial charge in [0.2, 0.25) is 0 Å². The molecule has 58 valence electrons. The Kier molecular flexibility index (Phi) is 6.24. The third-order valence-electron chi connectivity index (χ3n) is 0.952. The molecular formula is C5H6ClNaO4. The van der Waals surface area contributed by atoms with Crippen LogP contribution in [0.1, 0.15) is 6.92 Å². The Morgan fingerprint density at radius 2 is 1.91 bits per heavy atom. The number of ether oxygens (including phenoxy) is 1. The second-order valence-electron chi connectivity index (χ2n) is 1.78. The summed E-state index contributed by atoms with van der Waals surface area (Å²) in [4.78, 5) is 18.5. The van der Waals surface area contributed by atoms with Crippen LogP contribution in [0.4, 0.5) is 0 Å². The molecule has 0 radical (unpaired) electrons. The van der Waals surface area contributed by atoms with Gasteiger partial charge in [0.25, 0.3) is 0 Å². The Bertz CT molecular complexity index is 168. The van der Waals surface area contributed by atoms with Crippen molar-refractivity contribution in [1.29, 1.82) is 0 Å². The van der Waals surface area contributed by atoms with E-state index in [0.29, 0.717) is 0 Å². The summed E-state index contributed by atoms with van der Waals surface area (Å²) in [5.74, 6) is -2.70. The van der Waals surface area contributed by atoms with E-state index in [9.17, 15) is 14.7 Å². The predicted molar refractivity (Wildman–Crippen MR) is 31.3 cm³/mol. The molecule has 0 rings (SSSR count). The fourth-order valence-electron chi connectivity index (χ4n) is 0.275. The van der Waals surface area contributed by atoms with Gasteiger partial charge in [-0.1, -0.05) is 0 Å². The second-order valence-corrected chi connectivity index (χ2v) is 2.54. The zero-order valence-corrected chi connectivity index (χ0v) is 9.27. The molecule has 0 heterocycles. The standard InChI is InChI=1S/C5H7ClO4.Na/c1-5(6,3(7)8)4(9)10-2;/h1-2H3,(H,7,8);/q;+1/p-1.